The third-order valence-corrected chi connectivity index (χ3v) is 8.02. The Morgan fingerprint density at radius 2 is 2.00 bits per heavy atom. The van der Waals surface area contributed by atoms with Crippen molar-refractivity contribution in [3.05, 3.63) is 65.0 Å². The van der Waals surface area contributed by atoms with Gasteiger partial charge < -0.3 is 14.1 Å². The molecule has 6 rings (SSSR count). The van der Waals surface area contributed by atoms with E-state index in [9.17, 15) is 9.18 Å². The van der Waals surface area contributed by atoms with Gasteiger partial charge in [-0.2, -0.15) is 4.98 Å². The van der Waals surface area contributed by atoms with Crippen molar-refractivity contribution in [1.29, 1.82) is 0 Å². The predicted octanol–water partition coefficient (Wildman–Crippen LogP) is 5.72. The average molecular weight is 478 g/mol. The zero-order chi connectivity index (χ0) is 23.2. The molecule has 3 heterocycles. The Labute approximate surface area is 200 Å². The van der Waals surface area contributed by atoms with Crippen LogP contribution in [0.3, 0.4) is 0 Å². The van der Waals surface area contributed by atoms with Crippen LogP contribution in [0.15, 0.2) is 52.9 Å². The summed E-state index contributed by atoms with van der Waals surface area (Å²) in [6.45, 7) is 2.92. The average Bonchev–Trinajstić information content (AvgIpc) is 3.60. The van der Waals surface area contributed by atoms with Crippen LogP contribution in [0.4, 0.5) is 4.39 Å². The van der Waals surface area contributed by atoms with Crippen molar-refractivity contribution < 1.29 is 18.3 Å². The fourth-order valence-corrected chi connectivity index (χ4v) is 6.36. The van der Waals surface area contributed by atoms with E-state index in [-0.39, 0.29) is 23.8 Å². The molecule has 8 heteroatoms. The number of amides is 1. The van der Waals surface area contributed by atoms with Crippen LogP contribution in [-0.4, -0.2) is 40.0 Å². The number of benzene rings is 2. The monoisotopic (exact) mass is 477 g/mol. The second-order valence-corrected chi connectivity index (χ2v) is 10.3. The first kappa shape index (κ1) is 21.3. The minimum atomic E-state index is -0.304. The Hall–Kier alpha value is -3.26. The second-order valence-electron chi connectivity index (χ2n) is 9.06. The molecule has 4 aromatic rings. The zero-order valence-electron chi connectivity index (χ0n) is 18.7. The van der Waals surface area contributed by atoms with Gasteiger partial charge in [-0.1, -0.05) is 30.7 Å². The van der Waals surface area contributed by atoms with Gasteiger partial charge in [-0.3, -0.25) is 4.79 Å². The second kappa shape index (κ2) is 8.51. The van der Waals surface area contributed by atoms with Gasteiger partial charge in [-0.05, 0) is 61.4 Å². The molecule has 1 aliphatic heterocycles. The van der Waals surface area contributed by atoms with E-state index in [0.717, 1.165) is 33.8 Å². The molecule has 34 heavy (non-hydrogen) atoms. The first-order chi connectivity index (χ1) is 16.6. The van der Waals surface area contributed by atoms with E-state index in [0.29, 0.717) is 36.3 Å². The maximum atomic E-state index is 13.8. The van der Waals surface area contributed by atoms with Crippen LogP contribution < -0.4 is 4.74 Å². The van der Waals surface area contributed by atoms with Crippen molar-refractivity contribution in [2.75, 3.05) is 13.2 Å². The van der Waals surface area contributed by atoms with Crippen LogP contribution in [0, 0.1) is 24.6 Å². The van der Waals surface area contributed by atoms with Gasteiger partial charge in [0.25, 0.3) is 5.91 Å². The first-order valence-corrected chi connectivity index (χ1v) is 12.4. The molecule has 6 nitrogen and oxygen atoms in total. The predicted molar refractivity (Wildman–Crippen MR) is 127 cm³/mol. The largest absolute Gasteiger partial charge is 0.448 e. The summed E-state index contributed by atoms with van der Waals surface area (Å²) in [5, 5.41) is 0.807. The van der Waals surface area contributed by atoms with Crippen molar-refractivity contribution in [2.24, 2.45) is 11.8 Å². The van der Waals surface area contributed by atoms with E-state index in [2.05, 4.69) is 9.97 Å². The van der Waals surface area contributed by atoms with Gasteiger partial charge in [-0.25, -0.2) is 9.37 Å². The molecule has 2 aliphatic rings. The SMILES string of the molecule is Cc1nc(C(=O)N2C[C@H]3CCC[C@H]3C2COc2nc3ccccc3o2)c(-c2ccc(F)cc2)s1. The fraction of sp³-hybridized carbons (Fsp3) is 0.346. The molecule has 0 spiro atoms. The summed E-state index contributed by atoms with van der Waals surface area (Å²) in [4.78, 5) is 25.5. The van der Waals surface area contributed by atoms with Gasteiger partial charge >= 0.3 is 6.08 Å². The van der Waals surface area contributed by atoms with Crippen molar-refractivity contribution in [1.82, 2.24) is 14.9 Å². The molecule has 1 saturated heterocycles. The van der Waals surface area contributed by atoms with Crippen molar-refractivity contribution in [3.8, 4) is 16.5 Å². The number of ether oxygens (including phenoxy) is 1. The van der Waals surface area contributed by atoms with E-state index in [4.69, 9.17) is 9.15 Å². The van der Waals surface area contributed by atoms with E-state index in [1.54, 1.807) is 12.1 Å². The van der Waals surface area contributed by atoms with Gasteiger partial charge in [0.2, 0.25) is 0 Å². The third-order valence-electron chi connectivity index (χ3n) is 7.00. The Morgan fingerprint density at radius 3 is 2.82 bits per heavy atom. The van der Waals surface area contributed by atoms with E-state index >= 15 is 0 Å². The highest BCUT2D eigenvalue weighted by molar-refractivity contribution is 7.15. The summed E-state index contributed by atoms with van der Waals surface area (Å²) in [6.07, 6.45) is 3.60. The lowest BCUT2D eigenvalue weighted by molar-refractivity contribution is 0.0627. The number of para-hydroxylation sites is 2. The lowest BCUT2D eigenvalue weighted by atomic mass is 9.94. The van der Waals surface area contributed by atoms with E-state index < -0.39 is 0 Å². The normalized spacial score (nSPS) is 21.8. The molecule has 1 amide bonds. The molecular formula is C26H24FN3O3S. The molecule has 0 radical (unpaired) electrons. The number of hydrogen-bond donors (Lipinski definition) is 0. The molecule has 1 aliphatic carbocycles. The van der Waals surface area contributed by atoms with Crippen LogP contribution in [0.1, 0.15) is 34.8 Å². The Balaban J connectivity index is 1.28. The minimum Gasteiger partial charge on any atom is -0.448 e. The number of hydrogen-bond acceptors (Lipinski definition) is 6. The molecule has 0 bridgehead atoms. The summed E-state index contributed by atoms with van der Waals surface area (Å²) >= 11 is 1.46. The van der Waals surface area contributed by atoms with Crippen LogP contribution in [0.5, 0.6) is 6.08 Å². The Morgan fingerprint density at radius 1 is 1.18 bits per heavy atom. The summed E-state index contributed by atoms with van der Waals surface area (Å²) in [5.74, 6) is 0.461. The number of oxazole rings is 1. The van der Waals surface area contributed by atoms with Crippen molar-refractivity contribution in [2.45, 2.75) is 32.2 Å². The summed E-state index contributed by atoms with van der Waals surface area (Å²) in [6, 6.07) is 13.7. The number of carbonyl (C=O) groups excluding carboxylic acids is 1. The van der Waals surface area contributed by atoms with Gasteiger partial charge in [0.05, 0.1) is 15.9 Å². The maximum Gasteiger partial charge on any atom is 0.394 e. The van der Waals surface area contributed by atoms with Gasteiger partial charge in [-0.15, -0.1) is 11.3 Å². The first-order valence-electron chi connectivity index (χ1n) is 11.6. The highest BCUT2D eigenvalue weighted by atomic mass is 32.1. The van der Waals surface area contributed by atoms with Crippen LogP contribution in [0.2, 0.25) is 0 Å². The number of aryl methyl sites for hydroxylation is 1. The molecule has 2 aromatic heterocycles. The Kier molecular flexibility index (Phi) is 5.32. The quantitative estimate of drug-likeness (QED) is 0.368. The van der Waals surface area contributed by atoms with E-state index in [1.807, 2.05) is 36.1 Å². The van der Waals surface area contributed by atoms with Crippen molar-refractivity contribution in [3.63, 3.8) is 0 Å². The topological polar surface area (TPSA) is 68.5 Å². The molecule has 3 atom stereocenters. The molecule has 1 saturated carbocycles. The smallest absolute Gasteiger partial charge is 0.394 e. The molecule has 0 N–H and O–H groups in total. The van der Waals surface area contributed by atoms with Crippen LogP contribution in [-0.2, 0) is 0 Å². The number of fused-ring (bicyclic) bond motifs is 2. The number of likely N-dealkylation sites (tertiary alicyclic amines) is 1. The van der Waals surface area contributed by atoms with Gasteiger partial charge in [0, 0.05) is 6.54 Å². The lowest BCUT2D eigenvalue weighted by Crippen LogP contribution is -2.42. The molecular weight excluding hydrogens is 453 g/mol. The van der Waals surface area contributed by atoms with Gasteiger partial charge in [0.1, 0.15) is 23.6 Å². The molecule has 2 aromatic carbocycles. The summed E-state index contributed by atoms with van der Waals surface area (Å²) in [7, 11) is 0. The number of rotatable bonds is 5. The molecule has 1 unspecified atom stereocenters. The number of aromatic nitrogens is 2. The number of carbonyl (C=O) groups is 1. The highest BCUT2D eigenvalue weighted by Gasteiger charge is 2.47. The summed E-state index contributed by atoms with van der Waals surface area (Å²) in [5.41, 5.74) is 2.66. The summed E-state index contributed by atoms with van der Waals surface area (Å²) < 4.78 is 25.2. The maximum absolute atomic E-state index is 13.8. The number of thiazole rings is 1. The molecule has 2 fully saturated rings. The standard InChI is InChI=1S/C26H24FN3O3S/c1-15-28-23(24(34-15)16-9-11-18(27)12-10-16)25(31)30-13-17-5-4-6-19(17)21(30)14-32-26-29-20-7-2-3-8-22(20)33-26/h2-3,7-12,17,19,21H,4-6,13-14H2,1H3/t17-,19-,21?/m1/s1. The van der Waals surface area contributed by atoms with Crippen molar-refractivity contribution >= 4 is 28.3 Å². The fourth-order valence-electron chi connectivity index (χ4n) is 5.44. The van der Waals surface area contributed by atoms with Gasteiger partial charge in [0.15, 0.2) is 5.58 Å². The third kappa shape index (κ3) is 3.76. The molecule has 174 valence electrons. The number of nitrogens with zero attached hydrogens (tertiary/aromatic N) is 3. The zero-order valence-corrected chi connectivity index (χ0v) is 19.6. The lowest BCUT2D eigenvalue weighted by Gasteiger charge is -2.27. The van der Waals surface area contributed by atoms with Crippen LogP contribution >= 0.6 is 11.3 Å². The van der Waals surface area contributed by atoms with E-state index in [1.165, 1.54) is 29.9 Å². The number of halogens is 1. The Bertz CT molecular complexity index is 1320. The minimum absolute atomic E-state index is 0.0712. The highest BCUT2D eigenvalue weighted by Crippen LogP contribution is 2.43. The van der Waals surface area contributed by atoms with Crippen LogP contribution in [0.25, 0.3) is 21.5 Å².